The maximum absolute atomic E-state index is 13.1. The van der Waals surface area contributed by atoms with Crippen LogP contribution in [0.4, 0.5) is 4.39 Å². The predicted octanol–water partition coefficient (Wildman–Crippen LogP) is 5.23. The molecule has 4 rings (SSSR count). The van der Waals surface area contributed by atoms with E-state index in [0.717, 1.165) is 32.5 Å². The van der Waals surface area contributed by atoms with E-state index in [-0.39, 0.29) is 5.82 Å². The van der Waals surface area contributed by atoms with Crippen molar-refractivity contribution in [1.29, 1.82) is 0 Å². The van der Waals surface area contributed by atoms with E-state index in [0.29, 0.717) is 5.02 Å². The van der Waals surface area contributed by atoms with E-state index >= 15 is 0 Å². The highest BCUT2D eigenvalue weighted by Crippen LogP contribution is 2.34. The second kappa shape index (κ2) is 5.44. The maximum Gasteiger partial charge on any atom is 0.137 e. The Balaban J connectivity index is 1.80. The van der Waals surface area contributed by atoms with Gasteiger partial charge in [0.2, 0.25) is 0 Å². The van der Waals surface area contributed by atoms with E-state index in [1.165, 1.54) is 12.1 Å². The molecule has 0 radical (unpaired) electrons. The molecule has 3 heterocycles. The van der Waals surface area contributed by atoms with Crippen LogP contribution in [0.3, 0.4) is 0 Å². The zero-order valence-electron chi connectivity index (χ0n) is 12.1. The summed E-state index contributed by atoms with van der Waals surface area (Å²) in [6, 6.07) is 10.1. The van der Waals surface area contributed by atoms with E-state index in [1.807, 2.05) is 35.9 Å². The first kappa shape index (κ1) is 14.4. The lowest BCUT2D eigenvalue weighted by molar-refractivity contribution is 0.628. The number of aryl methyl sites for hydroxylation is 1. The van der Waals surface area contributed by atoms with Gasteiger partial charge < -0.3 is 4.40 Å². The van der Waals surface area contributed by atoms with Crippen molar-refractivity contribution in [3.63, 3.8) is 0 Å². The Kier molecular flexibility index (Phi) is 3.39. The third-order valence-corrected chi connectivity index (χ3v) is 4.99. The molecule has 0 aliphatic heterocycles. The molecule has 0 spiro atoms. The van der Waals surface area contributed by atoms with Crippen LogP contribution in [0.15, 0.2) is 48.8 Å². The molecule has 4 aromatic rings. The first-order valence-corrected chi connectivity index (χ1v) is 8.17. The van der Waals surface area contributed by atoms with Crippen molar-refractivity contribution in [2.45, 2.75) is 6.92 Å². The van der Waals surface area contributed by atoms with Gasteiger partial charge in [0.05, 0.1) is 15.6 Å². The maximum atomic E-state index is 13.1. The van der Waals surface area contributed by atoms with Gasteiger partial charge in [0.25, 0.3) is 0 Å². The topological polar surface area (TPSA) is 30.2 Å². The lowest BCUT2D eigenvalue weighted by Crippen LogP contribution is -1.79. The van der Waals surface area contributed by atoms with Crippen LogP contribution >= 0.6 is 22.9 Å². The predicted molar refractivity (Wildman–Crippen MR) is 91.4 cm³/mol. The molecule has 0 N–H and O–H groups in total. The van der Waals surface area contributed by atoms with Gasteiger partial charge in [-0.15, -0.1) is 11.3 Å². The van der Waals surface area contributed by atoms with E-state index in [4.69, 9.17) is 11.6 Å². The summed E-state index contributed by atoms with van der Waals surface area (Å²) < 4.78 is 15.0. The first-order valence-electron chi connectivity index (χ1n) is 6.98. The number of halogens is 2. The number of fused-ring (bicyclic) bond motifs is 1. The molecule has 23 heavy (non-hydrogen) atoms. The summed E-state index contributed by atoms with van der Waals surface area (Å²) in [5.41, 5.74) is 3.50. The highest BCUT2D eigenvalue weighted by molar-refractivity contribution is 7.18. The average Bonchev–Trinajstić information content (AvgIpc) is 3.10. The third-order valence-electron chi connectivity index (χ3n) is 3.54. The number of hydrogen-bond acceptors (Lipinski definition) is 3. The minimum atomic E-state index is -0.250. The van der Waals surface area contributed by atoms with Crippen LogP contribution in [0.1, 0.15) is 5.69 Å². The van der Waals surface area contributed by atoms with Crippen LogP contribution in [-0.4, -0.2) is 14.4 Å². The van der Waals surface area contributed by atoms with E-state index in [9.17, 15) is 4.39 Å². The Morgan fingerprint density at radius 3 is 2.61 bits per heavy atom. The van der Waals surface area contributed by atoms with Gasteiger partial charge in [-0.1, -0.05) is 11.6 Å². The highest BCUT2D eigenvalue weighted by Gasteiger charge is 2.14. The second-order valence-electron chi connectivity index (χ2n) is 5.18. The molecule has 0 aliphatic rings. The van der Waals surface area contributed by atoms with Crippen molar-refractivity contribution in [2.24, 2.45) is 0 Å². The van der Waals surface area contributed by atoms with Gasteiger partial charge in [-0.2, -0.15) is 0 Å². The number of benzene rings is 1. The number of imidazole rings is 1. The molecule has 0 fully saturated rings. The lowest BCUT2D eigenvalue weighted by Gasteiger charge is -1.94. The molecule has 6 heteroatoms. The molecular weight excluding hydrogens is 333 g/mol. The summed E-state index contributed by atoms with van der Waals surface area (Å²) in [6.45, 7) is 1.95. The van der Waals surface area contributed by atoms with E-state index in [1.54, 1.807) is 23.5 Å². The minimum absolute atomic E-state index is 0.250. The summed E-state index contributed by atoms with van der Waals surface area (Å²) in [4.78, 5) is 10.2. The van der Waals surface area contributed by atoms with Gasteiger partial charge >= 0.3 is 0 Å². The number of rotatable bonds is 2. The van der Waals surface area contributed by atoms with Crippen LogP contribution in [0.2, 0.25) is 5.02 Å². The second-order valence-corrected chi connectivity index (χ2v) is 6.61. The first-order chi connectivity index (χ1) is 11.1. The molecule has 0 amide bonds. The Morgan fingerprint density at radius 2 is 1.83 bits per heavy atom. The zero-order chi connectivity index (χ0) is 16.0. The van der Waals surface area contributed by atoms with E-state index < -0.39 is 0 Å². The standard InChI is InChI=1S/C17H11ClFN3S/c1-10-16(14-9-22-8-12(18)4-7-15(22)21-14)23-17(20-10)11-2-5-13(19)6-3-11/h2-9H,1H3. The molecule has 0 saturated heterocycles. The van der Waals surface area contributed by atoms with Gasteiger partial charge in [-0.25, -0.2) is 14.4 Å². The number of hydrogen-bond donors (Lipinski definition) is 0. The SMILES string of the molecule is Cc1nc(-c2ccc(F)cc2)sc1-c1cn2cc(Cl)ccc2n1. The lowest BCUT2D eigenvalue weighted by atomic mass is 10.2. The van der Waals surface area contributed by atoms with Crippen LogP contribution in [0, 0.1) is 12.7 Å². The summed E-state index contributed by atoms with van der Waals surface area (Å²) in [6.07, 6.45) is 3.76. The van der Waals surface area contributed by atoms with Crippen molar-refractivity contribution in [2.75, 3.05) is 0 Å². The van der Waals surface area contributed by atoms with Crippen LogP contribution < -0.4 is 0 Å². The zero-order valence-corrected chi connectivity index (χ0v) is 13.7. The Morgan fingerprint density at radius 1 is 1.04 bits per heavy atom. The molecule has 3 nitrogen and oxygen atoms in total. The van der Waals surface area contributed by atoms with Gasteiger partial charge in [0.1, 0.15) is 22.2 Å². The summed E-state index contributed by atoms with van der Waals surface area (Å²) in [5, 5.41) is 1.52. The van der Waals surface area contributed by atoms with Crippen molar-refractivity contribution >= 4 is 28.6 Å². The third kappa shape index (κ3) is 2.62. The van der Waals surface area contributed by atoms with Gasteiger partial charge in [-0.3, -0.25) is 0 Å². The monoisotopic (exact) mass is 343 g/mol. The summed E-state index contributed by atoms with van der Waals surface area (Å²) >= 11 is 7.56. The van der Waals surface area contributed by atoms with Crippen LogP contribution in [-0.2, 0) is 0 Å². The normalized spacial score (nSPS) is 11.3. The molecule has 0 aliphatic carbocycles. The fourth-order valence-electron chi connectivity index (χ4n) is 2.42. The number of nitrogens with zero attached hydrogens (tertiary/aromatic N) is 3. The molecular formula is C17H11ClFN3S. The Bertz CT molecular complexity index is 1000. The molecule has 0 atom stereocenters. The van der Waals surface area contributed by atoms with E-state index in [2.05, 4.69) is 9.97 Å². The molecule has 114 valence electrons. The van der Waals surface area contributed by atoms with Crippen molar-refractivity contribution in [1.82, 2.24) is 14.4 Å². The van der Waals surface area contributed by atoms with Crippen molar-refractivity contribution in [3.8, 4) is 21.1 Å². The molecule has 0 bridgehead atoms. The van der Waals surface area contributed by atoms with Gasteiger partial charge in [-0.05, 0) is 43.3 Å². The van der Waals surface area contributed by atoms with Gasteiger partial charge in [0, 0.05) is 18.0 Å². The van der Waals surface area contributed by atoms with Crippen molar-refractivity contribution in [3.05, 3.63) is 65.3 Å². The largest absolute Gasteiger partial charge is 0.305 e. The average molecular weight is 344 g/mol. The fourth-order valence-corrected chi connectivity index (χ4v) is 3.62. The number of thiazole rings is 1. The molecule has 0 saturated carbocycles. The number of pyridine rings is 1. The minimum Gasteiger partial charge on any atom is -0.305 e. The molecule has 0 unspecified atom stereocenters. The molecule has 3 aromatic heterocycles. The van der Waals surface area contributed by atoms with Crippen LogP contribution in [0.5, 0.6) is 0 Å². The Labute approximate surface area is 141 Å². The fraction of sp³-hybridized carbons (Fsp3) is 0.0588. The summed E-state index contributed by atoms with van der Waals surface area (Å²) in [5.74, 6) is -0.250. The smallest absolute Gasteiger partial charge is 0.137 e. The molecule has 1 aromatic carbocycles. The van der Waals surface area contributed by atoms with Crippen LogP contribution in [0.25, 0.3) is 26.8 Å². The number of aromatic nitrogens is 3. The highest BCUT2D eigenvalue weighted by atomic mass is 35.5. The Hall–Kier alpha value is -2.24. The van der Waals surface area contributed by atoms with Crippen molar-refractivity contribution < 1.29 is 4.39 Å². The quantitative estimate of drug-likeness (QED) is 0.499. The van der Waals surface area contributed by atoms with Gasteiger partial charge in [0.15, 0.2) is 0 Å². The summed E-state index contributed by atoms with van der Waals surface area (Å²) in [7, 11) is 0.